The Morgan fingerprint density at radius 2 is 1.86 bits per heavy atom. The van der Waals surface area contributed by atoms with E-state index >= 15 is 0 Å². The minimum absolute atomic E-state index is 0.108. The summed E-state index contributed by atoms with van der Waals surface area (Å²) in [5.74, 6) is 1.10. The SMILES string of the molecule is O=C(CSc1nnc(-c2ccncc2)n1Cc1ccco1)c1ccc(F)cc1. The minimum Gasteiger partial charge on any atom is -0.467 e. The fraction of sp³-hybridized carbons (Fsp3) is 0.100. The van der Waals surface area contributed by atoms with Gasteiger partial charge in [-0.15, -0.1) is 10.2 Å². The van der Waals surface area contributed by atoms with E-state index in [-0.39, 0.29) is 17.4 Å². The number of rotatable bonds is 7. The standard InChI is InChI=1S/C20H15FN4O2S/c21-16-5-3-14(4-6-16)18(26)13-28-20-24-23-19(15-7-9-22-10-8-15)25(20)12-17-2-1-11-27-17/h1-11H,12-13H2. The van der Waals surface area contributed by atoms with E-state index in [1.165, 1.54) is 36.0 Å². The van der Waals surface area contributed by atoms with E-state index in [0.717, 1.165) is 11.3 Å². The molecule has 0 spiro atoms. The van der Waals surface area contributed by atoms with Crippen molar-refractivity contribution in [1.82, 2.24) is 19.7 Å². The number of aromatic nitrogens is 4. The van der Waals surface area contributed by atoms with E-state index < -0.39 is 0 Å². The number of ketones is 1. The summed E-state index contributed by atoms with van der Waals surface area (Å²) in [6.45, 7) is 0.435. The smallest absolute Gasteiger partial charge is 0.192 e. The molecule has 3 heterocycles. The van der Waals surface area contributed by atoms with Crippen LogP contribution in [0.25, 0.3) is 11.4 Å². The third-order valence-electron chi connectivity index (χ3n) is 4.05. The van der Waals surface area contributed by atoms with Crippen LogP contribution in [0, 0.1) is 5.82 Å². The summed E-state index contributed by atoms with van der Waals surface area (Å²) in [4.78, 5) is 16.4. The molecule has 140 valence electrons. The predicted octanol–water partition coefficient (Wildman–Crippen LogP) is 4.10. The molecule has 0 radical (unpaired) electrons. The first-order chi connectivity index (χ1) is 13.7. The quantitative estimate of drug-likeness (QED) is 0.347. The lowest BCUT2D eigenvalue weighted by atomic mass is 10.1. The van der Waals surface area contributed by atoms with Gasteiger partial charge in [-0.25, -0.2) is 4.39 Å². The lowest BCUT2D eigenvalue weighted by Crippen LogP contribution is -2.06. The van der Waals surface area contributed by atoms with Crippen LogP contribution in [-0.4, -0.2) is 31.3 Å². The first-order valence-corrected chi connectivity index (χ1v) is 9.47. The molecule has 0 unspecified atom stereocenters. The summed E-state index contributed by atoms with van der Waals surface area (Å²) in [5.41, 5.74) is 1.33. The number of hydrogen-bond acceptors (Lipinski definition) is 6. The summed E-state index contributed by atoms with van der Waals surface area (Å²) in [7, 11) is 0. The summed E-state index contributed by atoms with van der Waals surface area (Å²) in [5, 5.41) is 9.14. The lowest BCUT2D eigenvalue weighted by Gasteiger charge is -2.08. The first-order valence-electron chi connectivity index (χ1n) is 8.48. The van der Waals surface area contributed by atoms with Gasteiger partial charge < -0.3 is 4.42 Å². The topological polar surface area (TPSA) is 73.8 Å². The zero-order chi connectivity index (χ0) is 19.3. The van der Waals surface area contributed by atoms with Gasteiger partial charge in [0.15, 0.2) is 16.8 Å². The predicted molar refractivity (Wildman–Crippen MR) is 103 cm³/mol. The Morgan fingerprint density at radius 3 is 2.57 bits per heavy atom. The van der Waals surface area contributed by atoms with Crippen LogP contribution < -0.4 is 0 Å². The summed E-state index contributed by atoms with van der Waals surface area (Å²) >= 11 is 1.28. The van der Waals surface area contributed by atoms with Gasteiger partial charge >= 0.3 is 0 Å². The van der Waals surface area contributed by atoms with Gasteiger partial charge in [0.2, 0.25) is 0 Å². The van der Waals surface area contributed by atoms with Gasteiger partial charge in [-0.3, -0.25) is 14.3 Å². The largest absolute Gasteiger partial charge is 0.467 e. The molecular weight excluding hydrogens is 379 g/mol. The number of halogens is 1. The number of benzene rings is 1. The molecule has 0 aliphatic carbocycles. The Morgan fingerprint density at radius 1 is 1.07 bits per heavy atom. The molecule has 0 amide bonds. The van der Waals surface area contributed by atoms with Gasteiger partial charge in [-0.2, -0.15) is 0 Å². The highest BCUT2D eigenvalue weighted by molar-refractivity contribution is 7.99. The molecule has 0 aliphatic rings. The van der Waals surface area contributed by atoms with Crippen molar-refractivity contribution < 1.29 is 13.6 Å². The molecule has 4 rings (SSSR count). The zero-order valence-electron chi connectivity index (χ0n) is 14.7. The van der Waals surface area contributed by atoms with Crippen LogP contribution in [0.5, 0.6) is 0 Å². The van der Waals surface area contributed by atoms with E-state index in [0.29, 0.717) is 23.1 Å². The Labute approximate surface area is 164 Å². The average molecular weight is 394 g/mol. The molecule has 4 aromatic rings. The van der Waals surface area contributed by atoms with Crippen molar-refractivity contribution in [2.75, 3.05) is 5.75 Å². The first kappa shape index (κ1) is 18.1. The van der Waals surface area contributed by atoms with Crippen molar-refractivity contribution in [2.45, 2.75) is 11.7 Å². The number of hydrogen-bond donors (Lipinski definition) is 0. The normalized spacial score (nSPS) is 10.9. The number of furan rings is 1. The van der Waals surface area contributed by atoms with Crippen LogP contribution in [0.3, 0.4) is 0 Å². The fourth-order valence-corrected chi connectivity index (χ4v) is 3.49. The molecule has 0 fully saturated rings. The number of carbonyl (C=O) groups is 1. The summed E-state index contributed by atoms with van der Waals surface area (Å²) in [6, 6.07) is 12.9. The average Bonchev–Trinajstić information content (AvgIpc) is 3.38. The van der Waals surface area contributed by atoms with Crippen LogP contribution in [-0.2, 0) is 6.54 Å². The maximum Gasteiger partial charge on any atom is 0.192 e. The molecule has 3 aromatic heterocycles. The number of carbonyl (C=O) groups excluding carboxylic acids is 1. The van der Waals surface area contributed by atoms with E-state index in [2.05, 4.69) is 15.2 Å². The maximum absolute atomic E-state index is 13.0. The highest BCUT2D eigenvalue weighted by atomic mass is 32.2. The molecule has 0 saturated heterocycles. The van der Waals surface area contributed by atoms with Gasteiger partial charge in [-0.1, -0.05) is 11.8 Å². The van der Waals surface area contributed by atoms with Crippen molar-refractivity contribution in [2.24, 2.45) is 0 Å². The van der Waals surface area contributed by atoms with Gasteiger partial charge in [0.05, 0.1) is 18.6 Å². The molecule has 8 heteroatoms. The van der Waals surface area contributed by atoms with Crippen LogP contribution in [0.1, 0.15) is 16.1 Å². The monoisotopic (exact) mass is 394 g/mol. The lowest BCUT2D eigenvalue weighted by molar-refractivity contribution is 0.102. The molecule has 0 bridgehead atoms. The van der Waals surface area contributed by atoms with E-state index in [9.17, 15) is 9.18 Å². The molecule has 0 atom stereocenters. The van der Waals surface area contributed by atoms with Gasteiger partial charge in [0.25, 0.3) is 0 Å². The highest BCUT2D eigenvalue weighted by Crippen LogP contribution is 2.25. The van der Waals surface area contributed by atoms with Gasteiger partial charge in [-0.05, 0) is 48.5 Å². The Kier molecular flexibility index (Phi) is 5.29. The molecule has 1 aromatic carbocycles. The number of thioether (sulfide) groups is 1. The summed E-state index contributed by atoms with van der Waals surface area (Å²) in [6.07, 6.45) is 4.98. The molecule has 28 heavy (non-hydrogen) atoms. The van der Waals surface area contributed by atoms with Crippen LogP contribution in [0.15, 0.2) is 76.8 Å². The van der Waals surface area contributed by atoms with E-state index in [4.69, 9.17) is 4.42 Å². The fourth-order valence-electron chi connectivity index (χ4n) is 2.66. The van der Waals surface area contributed by atoms with Gasteiger partial charge in [0, 0.05) is 23.5 Å². The Balaban J connectivity index is 1.58. The third-order valence-corrected chi connectivity index (χ3v) is 5.01. The molecular formula is C20H15FN4O2S. The van der Waals surface area contributed by atoms with Crippen molar-refractivity contribution >= 4 is 17.5 Å². The second-order valence-corrected chi connectivity index (χ2v) is 6.87. The molecule has 0 saturated carbocycles. The van der Waals surface area contributed by atoms with Crippen LogP contribution in [0.4, 0.5) is 4.39 Å². The summed E-state index contributed by atoms with van der Waals surface area (Å²) < 4.78 is 20.4. The van der Waals surface area contributed by atoms with Crippen molar-refractivity contribution in [3.05, 3.63) is 84.3 Å². The Bertz CT molecular complexity index is 1060. The van der Waals surface area contributed by atoms with E-state index in [1.807, 2.05) is 28.8 Å². The number of nitrogens with zero attached hydrogens (tertiary/aromatic N) is 4. The molecule has 0 N–H and O–H groups in total. The highest BCUT2D eigenvalue weighted by Gasteiger charge is 2.17. The third kappa shape index (κ3) is 4.01. The minimum atomic E-state index is -0.371. The van der Waals surface area contributed by atoms with E-state index in [1.54, 1.807) is 18.7 Å². The van der Waals surface area contributed by atoms with Crippen molar-refractivity contribution in [3.8, 4) is 11.4 Å². The number of pyridine rings is 1. The number of Topliss-reactive ketones (excluding diaryl/α,β-unsaturated/α-hetero) is 1. The Hall–Kier alpha value is -3.26. The molecule has 6 nitrogen and oxygen atoms in total. The molecule has 0 aliphatic heterocycles. The van der Waals surface area contributed by atoms with Crippen LogP contribution >= 0.6 is 11.8 Å². The maximum atomic E-state index is 13.0. The second kappa shape index (κ2) is 8.18. The zero-order valence-corrected chi connectivity index (χ0v) is 15.5. The van der Waals surface area contributed by atoms with Crippen LogP contribution in [0.2, 0.25) is 0 Å². The van der Waals surface area contributed by atoms with Gasteiger partial charge in [0.1, 0.15) is 11.6 Å². The van der Waals surface area contributed by atoms with Crippen molar-refractivity contribution in [1.29, 1.82) is 0 Å². The second-order valence-electron chi connectivity index (χ2n) is 5.93. The van der Waals surface area contributed by atoms with Crippen molar-refractivity contribution in [3.63, 3.8) is 0 Å².